The number of aryl methyl sites for hydroxylation is 1. The highest BCUT2D eigenvalue weighted by molar-refractivity contribution is 5.95. The number of benzene rings is 1. The van der Waals surface area contributed by atoms with Crippen LogP contribution in [0.5, 0.6) is 0 Å². The second kappa shape index (κ2) is 7.07. The molecule has 0 aliphatic rings. The molecule has 3 heteroatoms. The van der Waals surface area contributed by atoms with Gasteiger partial charge in [0.15, 0.2) is 0 Å². The van der Waals surface area contributed by atoms with Crippen molar-refractivity contribution < 1.29 is 9.59 Å². The molecular weight excluding hydrogens is 238 g/mol. The molecule has 0 spiro atoms. The van der Waals surface area contributed by atoms with Gasteiger partial charge in [-0.3, -0.25) is 4.79 Å². The Labute approximate surface area is 115 Å². The molecule has 0 aliphatic heterocycles. The third-order valence-electron chi connectivity index (χ3n) is 2.96. The number of hydrogen-bond acceptors (Lipinski definition) is 2. The lowest BCUT2D eigenvalue weighted by molar-refractivity contribution is -0.123. The Morgan fingerprint density at radius 3 is 2.53 bits per heavy atom. The van der Waals surface area contributed by atoms with Gasteiger partial charge in [-0.25, -0.2) is 0 Å². The van der Waals surface area contributed by atoms with E-state index in [2.05, 4.69) is 5.32 Å². The average Bonchev–Trinajstić information content (AvgIpc) is 2.35. The zero-order chi connectivity index (χ0) is 14.3. The summed E-state index contributed by atoms with van der Waals surface area (Å²) in [5.41, 5.74) is 1.62. The van der Waals surface area contributed by atoms with Crippen LogP contribution in [0.1, 0.15) is 45.6 Å². The van der Waals surface area contributed by atoms with Gasteiger partial charge in [0.05, 0.1) is 0 Å². The van der Waals surface area contributed by atoms with Gasteiger partial charge in [-0.15, -0.1) is 0 Å². The number of amides is 1. The number of carbonyl (C=O) groups is 2. The predicted octanol–water partition coefficient (Wildman–Crippen LogP) is 3.58. The van der Waals surface area contributed by atoms with Gasteiger partial charge in [-0.2, -0.15) is 0 Å². The molecule has 1 rings (SSSR count). The Morgan fingerprint density at radius 1 is 1.21 bits per heavy atom. The van der Waals surface area contributed by atoms with Crippen LogP contribution in [0.4, 0.5) is 5.69 Å². The fraction of sp³-hybridized carbons (Fsp3) is 0.500. The van der Waals surface area contributed by atoms with Crippen molar-refractivity contribution in [2.75, 3.05) is 5.32 Å². The van der Waals surface area contributed by atoms with Crippen molar-refractivity contribution >= 4 is 17.9 Å². The highest BCUT2D eigenvalue weighted by Crippen LogP contribution is 2.21. The highest BCUT2D eigenvalue weighted by Gasteiger charge is 2.21. The first-order chi connectivity index (χ1) is 8.95. The molecule has 0 heterocycles. The van der Waals surface area contributed by atoms with Crippen LogP contribution in [0.2, 0.25) is 0 Å². The minimum absolute atomic E-state index is 0.0211. The van der Waals surface area contributed by atoms with E-state index in [0.717, 1.165) is 36.8 Å². The van der Waals surface area contributed by atoms with Gasteiger partial charge in [0, 0.05) is 17.5 Å². The molecule has 1 aromatic carbocycles. The number of para-hydroxylation sites is 1. The van der Waals surface area contributed by atoms with Crippen LogP contribution in [-0.4, -0.2) is 12.2 Å². The molecule has 0 radical (unpaired) electrons. The SMILES string of the molecule is CC(C)(C)C(=O)Nc1ccccc1CCCCC=O. The van der Waals surface area contributed by atoms with Crippen LogP contribution in [-0.2, 0) is 16.0 Å². The van der Waals surface area contributed by atoms with E-state index >= 15 is 0 Å². The number of nitrogens with one attached hydrogen (secondary N) is 1. The Kier molecular flexibility index (Phi) is 5.74. The molecule has 0 aliphatic carbocycles. The third kappa shape index (κ3) is 5.25. The quantitative estimate of drug-likeness (QED) is 0.628. The van der Waals surface area contributed by atoms with Crippen LogP contribution >= 0.6 is 0 Å². The number of carbonyl (C=O) groups excluding carboxylic acids is 2. The van der Waals surface area contributed by atoms with Crippen LogP contribution in [0, 0.1) is 5.41 Å². The van der Waals surface area contributed by atoms with E-state index in [1.54, 1.807) is 0 Å². The zero-order valence-electron chi connectivity index (χ0n) is 12.0. The smallest absolute Gasteiger partial charge is 0.229 e. The molecule has 0 saturated carbocycles. The van der Waals surface area contributed by atoms with Crippen molar-refractivity contribution in [1.82, 2.24) is 0 Å². The van der Waals surface area contributed by atoms with Gasteiger partial charge in [0.1, 0.15) is 6.29 Å². The van der Waals surface area contributed by atoms with Gasteiger partial charge in [-0.05, 0) is 30.9 Å². The number of aldehydes is 1. The Morgan fingerprint density at radius 2 is 1.89 bits per heavy atom. The number of anilines is 1. The normalized spacial score (nSPS) is 11.1. The molecule has 3 nitrogen and oxygen atoms in total. The summed E-state index contributed by atoms with van der Waals surface area (Å²) in [4.78, 5) is 22.3. The highest BCUT2D eigenvalue weighted by atomic mass is 16.2. The maximum absolute atomic E-state index is 12.0. The molecule has 0 fully saturated rings. The third-order valence-corrected chi connectivity index (χ3v) is 2.96. The number of unbranched alkanes of at least 4 members (excludes halogenated alkanes) is 2. The summed E-state index contributed by atoms with van der Waals surface area (Å²) >= 11 is 0. The first-order valence-electron chi connectivity index (χ1n) is 6.78. The van der Waals surface area contributed by atoms with Gasteiger partial charge in [0.25, 0.3) is 0 Å². The summed E-state index contributed by atoms with van der Waals surface area (Å²) < 4.78 is 0. The summed E-state index contributed by atoms with van der Waals surface area (Å²) in [5, 5.41) is 2.98. The van der Waals surface area contributed by atoms with Gasteiger partial charge in [0.2, 0.25) is 5.91 Å². The number of rotatable bonds is 6. The van der Waals surface area contributed by atoms with Gasteiger partial charge in [-0.1, -0.05) is 39.0 Å². The van der Waals surface area contributed by atoms with Crippen LogP contribution in [0.15, 0.2) is 24.3 Å². The van der Waals surface area contributed by atoms with Crippen molar-refractivity contribution in [1.29, 1.82) is 0 Å². The van der Waals surface area contributed by atoms with Crippen molar-refractivity contribution in [3.63, 3.8) is 0 Å². The lowest BCUT2D eigenvalue weighted by atomic mass is 9.95. The van der Waals surface area contributed by atoms with E-state index in [1.165, 1.54) is 0 Å². The van der Waals surface area contributed by atoms with E-state index in [1.807, 2.05) is 45.0 Å². The molecule has 0 atom stereocenters. The molecule has 1 amide bonds. The monoisotopic (exact) mass is 261 g/mol. The first-order valence-corrected chi connectivity index (χ1v) is 6.78. The van der Waals surface area contributed by atoms with Crippen LogP contribution < -0.4 is 5.32 Å². The molecule has 0 unspecified atom stereocenters. The first kappa shape index (κ1) is 15.4. The van der Waals surface area contributed by atoms with E-state index in [9.17, 15) is 9.59 Å². The predicted molar refractivity (Wildman–Crippen MR) is 78.1 cm³/mol. The summed E-state index contributed by atoms with van der Waals surface area (Å²) in [6.07, 6.45) is 4.30. The van der Waals surface area contributed by atoms with Crippen molar-refractivity contribution in [2.24, 2.45) is 5.41 Å². The maximum Gasteiger partial charge on any atom is 0.229 e. The van der Waals surface area contributed by atoms with Crippen LogP contribution in [0.3, 0.4) is 0 Å². The van der Waals surface area contributed by atoms with E-state index < -0.39 is 5.41 Å². The van der Waals surface area contributed by atoms with E-state index in [4.69, 9.17) is 0 Å². The average molecular weight is 261 g/mol. The maximum atomic E-state index is 12.0. The molecule has 0 aromatic heterocycles. The zero-order valence-corrected chi connectivity index (χ0v) is 12.0. The lowest BCUT2D eigenvalue weighted by Gasteiger charge is -2.19. The molecule has 1 N–H and O–H groups in total. The summed E-state index contributed by atoms with van der Waals surface area (Å²) in [7, 11) is 0. The molecule has 1 aromatic rings. The summed E-state index contributed by atoms with van der Waals surface area (Å²) in [6, 6.07) is 7.85. The molecule has 0 bridgehead atoms. The largest absolute Gasteiger partial charge is 0.325 e. The molecule has 0 saturated heterocycles. The van der Waals surface area contributed by atoms with E-state index in [0.29, 0.717) is 6.42 Å². The minimum atomic E-state index is -0.398. The van der Waals surface area contributed by atoms with Crippen molar-refractivity contribution in [3.8, 4) is 0 Å². The Bertz CT molecular complexity index is 433. The minimum Gasteiger partial charge on any atom is -0.325 e. The Hall–Kier alpha value is -1.64. The van der Waals surface area contributed by atoms with Crippen molar-refractivity contribution in [3.05, 3.63) is 29.8 Å². The fourth-order valence-corrected chi connectivity index (χ4v) is 1.71. The second-order valence-electron chi connectivity index (χ2n) is 5.77. The summed E-state index contributed by atoms with van der Waals surface area (Å²) in [5.74, 6) is 0.0211. The molecule has 104 valence electrons. The van der Waals surface area contributed by atoms with E-state index in [-0.39, 0.29) is 5.91 Å². The fourth-order valence-electron chi connectivity index (χ4n) is 1.71. The van der Waals surface area contributed by atoms with Crippen LogP contribution in [0.25, 0.3) is 0 Å². The molecule has 19 heavy (non-hydrogen) atoms. The topological polar surface area (TPSA) is 46.2 Å². The molecular formula is C16H23NO2. The number of hydrogen-bond donors (Lipinski definition) is 1. The lowest BCUT2D eigenvalue weighted by Crippen LogP contribution is -2.28. The second-order valence-corrected chi connectivity index (χ2v) is 5.77. The summed E-state index contributed by atoms with van der Waals surface area (Å²) in [6.45, 7) is 5.69. The Balaban J connectivity index is 2.67. The van der Waals surface area contributed by atoms with Gasteiger partial charge >= 0.3 is 0 Å². The van der Waals surface area contributed by atoms with Crippen molar-refractivity contribution in [2.45, 2.75) is 46.5 Å². The van der Waals surface area contributed by atoms with Gasteiger partial charge < -0.3 is 10.1 Å². The standard InChI is InChI=1S/C16H23NO2/c1-16(2,3)15(19)17-14-11-7-6-10-13(14)9-5-4-8-12-18/h6-7,10-12H,4-5,8-9H2,1-3H3,(H,17,19).